The fourth-order valence-corrected chi connectivity index (χ4v) is 1.79. The van der Waals surface area contributed by atoms with Crippen LogP contribution in [0.3, 0.4) is 0 Å². The molecule has 2 rings (SSSR count). The number of benzene rings is 1. The molecule has 0 saturated heterocycles. The number of aryl methyl sites for hydroxylation is 1. The quantitative estimate of drug-likeness (QED) is 0.889. The van der Waals surface area contributed by atoms with Crippen LogP contribution in [0.2, 0.25) is 0 Å². The van der Waals surface area contributed by atoms with Gasteiger partial charge in [-0.15, -0.1) is 0 Å². The van der Waals surface area contributed by atoms with Crippen molar-refractivity contribution in [1.29, 1.82) is 0 Å². The van der Waals surface area contributed by atoms with Gasteiger partial charge in [-0.1, -0.05) is 23.8 Å². The van der Waals surface area contributed by atoms with Gasteiger partial charge in [0.1, 0.15) is 5.82 Å². The molecule has 0 aliphatic heterocycles. The fraction of sp³-hybridized carbons (Fsp3) is 0.286. The Hall–Kier alpha value is -1.94. The minimum absolute atomic E-state index is 0.611. The Labute approximate surface area is 107 Å². The summed E-state index contributed by atoms with van der Waals surface area (Å²) in [7, 11) is 1.98. The number of aromatic nitrogens is 2. The normalized spacial score (nSPS) is 10.4. The van der Waals surface area contributed by atoms with Crippen LogP contribution in [0.1, 0.15) is 5.56 Å². The van der Waals surface area contributed by atoms with Gasteiger partial charge in [-0.05, 0) is 19.1 Å². The Bertz CT molecular complexity index is 525. The molecule has 4 heteroatoms. The molecule has 0 bridgehead atoms. The van der Waals surface area contributed by atoms with E-state index >= 15 is 0 Å². The van der Waals surface area contributed by atoms with E-state index < -0.39 is 0 Å². The van der Waals surface area contributed by atoms with Crippen molar-refractivity contribution in [2.24, 2.45) is 5.73 Å². The Morgan fingerprint density at radius 1 is 1.28 bits per heavy atom. The Balaban J connectivity index is 2.32. The van der Waals surface area contributed by atoms with Crippen LogP contribution in [0, 0.1) is 6.92 Å². The molecule has 0 aliphatic rings. The summed E-state index contributed by atoms with van der Waals surface area (Å²) in [4.78, 5) is 10.9. The van der Waals surface area contributed by atoms with Crippen LogP contribution in [-0.4, -0.2) is 30.1 Å². The highest BCUT2D eigenvalue weighted by Gasteiger charge is 2.05. The van der Waals surface area contributed by atoms with Gasteiger partial charge >= 0.3 is 0 Å². The van der Waals surface area contributed by atoms with Crippen molar-refractivity contribution in [3.8, 4) is 11.4 Å². The van der Waals surface area contributed by atoms with Crippen molar-refractivity contribution in [3.63, 3.8) is 0 Å². The zero-order valence-electron chi connectivity index (χ0n) is 10.8. The lowest BCUT2D eigenvalue weighted by Gasteiger charge is -2.17. The molecule has 2 N–H and O–H groups in total. The van der Waals surface area contributed by atoms with E-state index in [1.54, 1.807) is 6.20 Å². The third-order valence-electron chi connectivity index (χ3n) is 2.77. The molecule has 1 heterocycles. The van der Waals surface area contributed by atoms with Crippen LogP contribution in [0.4, 0.5) is 5.82 Å². The van der Waals surface area contributed by atoms with E-state index in [9.17, 15) is 0 Å². The predicted octanol–water partition coefficient (Wildman–Crippen LogP) is 1.85. The summed E-state index contributed by atoms with van der Waals surface area (Å²) in [5, 5.41) is 0. The van der Waals surface area contributed by atoms with Crippen molar-refractivity contribution in [3.05, 3.63) is 42.1 Å². The van der Waals surface area contributed by atoms with E-state index in [4.69, 9.17) is 5.73 Å². The van der Waals surface area contributed by atoms with E-state index in [0.29, 0.717) is 6.54 Å². The standard InChI is InChI=1S/C14H18N4/c1-11-4-3-5-12(10-11)14-16-8-6-13(17-14)18(2)9-7-15/h3-6,8,10H,7,9,15H2,1-2H3. The number of nitrogens with zero attached hydrogens (tertiary/aromatic N) is 3. The van der Waals surface area contributed by atoms with Gasteiger partial charge in [0, 0.05) is 31.9 Å². The van der Waals surface area contributed by atoms with Gasteiger partial charge in [0.15, 0.2) is 5.82 Å². The number of hydrogen-bond acceptors (Lipinski definition) is 4. The largest absolute Gasteiger partial charge is 0.358 e. The summed E-state index contributed by atoms with van der Waals surface area (Å²) in [6, 6.07) is 10.1. The highest BCUT2D eigenvalue weighted by atomic mass is 15.2. The number of rotatable bonds is 4. The highest BCUT2D eigenvalue weighted by molar-refractivity contribution is 5.58. The minimum Gasteiger partial charge on any atom is -0.358 e. The molecule has 1 aromatic carbocycles. The van der Waals surface area contributed by atoms with Crippen molar-refractivity contribution >= 4 is 5.82 Å². The lowest BCUT2D eigenvalue weighted by atomic mass is 10.1. The summed E-state index contributed by atoms with van der Waals surface area (Å²) in [5.41, 5.74) is 7.80. The molecule has 0 aliphatic carbocycles. The van der Waals surface area contributed by atoms with E-state index in [1.807, 2.05) is 30.1 Å². The first kappa shape index (κ1) is 12.5. The fourth-order valence-electron chi connectivity index (χ4n) is 1.79. The van der Waals surface area contributed by atoms with Gasteiger partial charge in [0.05, 0.1) is 0 Å². The Kier molecular flexibility index (Phi) is 3.89. The third-order valence-corrected chi connectivity index (χ3v) is 2.77. The molecule has 2 aromatic rings. The van der Waals surface area contributed by atoms with Crippen molar-refractivity contribution in [1.82, 2.24) is 9.97 Å². The second-order valence-corrected chi connectivity index (χ2v) is 4.32. The first-order valence-electron chi connectivity index (χ1n) is 6.02. The maximum Gasteiger partial charge on any atom is 0.161 e. The second kappa shape index (κ2) is 5.60. The summed E-state index contributed by atoms with van der Waals surface area (Å²) in [6.45, 7) is 3.46. The van der Waals surface area contributed by atoms with Crippen LogP contribution in [0.5, 0.6) is 0 Å². The highest BCUT2D eigenvalue weighted by Crippen LogP contribution is 2.18. The monoisotopic (exact) mass is 242 g/mol. The van der Waals surface area contributed by atoms with Crippen molar-refractivity contribution < 1.29 is 0 Å². The van der Waals surface area contributed by atoms with Crippen molar-refractivity contribution in [2.45, 2.75) is 6.92 Å². The van der Waals surface area contributed by atoms with E-state index in [2.05, 4.69) is 29.0 Å². The zero-order chi connectivity index (χ0) is 13.0. The first-order chi connectivity index (χ1) is 8.70. The summed E-state index contributed by atoms with van der Waals surface area (Å²) in [6.07, 6.45) is 1.78. The maximum absolute atomic E-state index is 5.55. The predicted molar refractivity (Wildman–Crippen MR) is 74.5 cm³/mol. The number of anilines is 1. The molecule has 4 nitrogen and oxygen atoms in total. The lowest BCUT2D eigenvalue weighted by molar-refractivity contribution is 0.865. The number of hydrogen-bond donors (Lipinski definition) is 1. The van der Waals surface area contributed by atoms with E-state index in [0.717, 1.165) is 23.8 Å². The summed E-state index contributed by atoms with van der Waals surface area (Å²) in [5.74, 6) is 1.65. The molecule has 0 unspecified atom stereocenters. The molecule has 0 fully saturated rings. The van der Waals surface area contributed by atoms with Crippen LogP contribution in [-0.2, 0) is 0 Å². The Morgan fingerprint density at radius 3 is 2.83 bits per heavy atom. The molecular formula is C14H18N4. The lowest BCUT2D eigenvalue weighted by Crippen LogP contribution is -2.25. The van der Waals surface area contributed by atoms with Crippen LogP contribution in [0.25, 0.3) is 11.4 Å². The van der Waals surface area contributed by atoms with Gasteiger partial charge in [0.25, 0.3) is 0 Å². The van der Waals surface area contributed by atoms with Crippen molar-refractivity contribution in [2.75, 3.05) is 25.0 Å². The van der Waals surface area contributed by atoms with Crippen LogP contribution >= 0.6 is 0 Å². The maximum atomic E-state index is 5.55. The van der Waals surface area contributed by atoms with Gasteiger partial charge in [-0.2, -0.15) is 0 Å². The van der Waals surface area contributed by atoms with Gasteiger partial charge in [-0.3, -0.25) is 0 Å². The smallest absolute Gasteiger partial charge is 0.161 e. The average Bonchev–Trinajstić information content (AvgIpc) is 2.39. The SMILES string of the molecule is Cc1cccc(-c2nccc(N(C)CCN)n2)c1. The molecular weight excluding hydrogens is 224 g/mol. The molecule has 1 aromatic heterocycles. The zero-order valence-corrected chi connectivity index (χ0v) is 10.8. The molecule has 0 saturated carbocycles. The molecule has 18 heavy (non-hydrogen) atoms. The second-order valence-electron chi connectivity index (χ2n) is 4.32. The van der Waals surface area contributed by atoms with Crippen LogP contribution in [0.15, 0.2) is 36.5 Å². The van der Waals surface area contributed by atoms with Gasteiger partial charge in [0.2, 0.25) is 0 Å². The topological polar surface area (TPSA) is 55.0 Å². The van der Waals surface area contributed by atoms with E-state index in [-0.39, 0.29) is 0 Å². The third kappa shape index (κ3) is 2.84. The average molecular weight is 242 g/mol. The molecule has 0 spiro atoms. The first-order valence-corrected chi connectivity index (χ1v) is 6.02. The van der Waals surface area contributed by atoms with E-state index in [1.165, 1.54) is 5.56 Å². The number of likely N-dealkylation sites (N-methyl/N-ethyl adjacent to an activating group) is 1. The molecule has 0 atom stereocenters. The summed E-state index contributed by atoms with van der Waals surface area (Å²) >= 11 is 0. The Morgan fingerprint density at radius 2 is 2.11 bits per heavy atom. The van der Waals surface area contributed by atoms with Gasteiger partial charge in [-0.25, -0.2) is 9.97 Å². The van der Waals surface area contributed by atoms with Crippen LogP contribution < -0.4 is 10.6 Å². The summed E-state index contributed by atoms with van der Waals surface area (Å²) < 4.78 is 0. The number of nitrogens with two attached hydrogens (primary N) is 1. The minimum atomic E-state index is 0.611. The molecule has 0 amide bonds. The van der Waals surface area contributed by atoms with Gasteiger partial charge < -0.3 is 10.6 Å². The molecule has 0 radical (unpaired) electrons. The molecule has 94 valence electrons.